The summed E-state index contributed by atoms with van der Waals surface area (Å²) in [6.07, 6.45) is 1.62. The summed E-state index contributed by atoms with van der Waals surface area (Å²) < 4.78 is 44.3. The van der Waals surface area contributed by atoms with E-state index in [-0.39, 0.29) is 29.1 Å². The van der Waals surface area contributed by atoms with Gasteiger partial charge in [-0.05, 0) is 18.9 Å². The van der Waals surface area contributed by atoms with Crippen molar-refractivity contribution in [2.45, 2.75) is 24.5 Å². The SMILES string of the molecule is COc1cc(F)cc2c1nc(N)n1nc(CCS(=O)(=O)C3CC3)nc21. The molecule has 0 spiro atoms. The highest BCUT2D eigenvalue weighted by Gasteiger charge is 2.35. The zero-order chi connectivity index (χ0) is 17.8. The second-order valence-corrected chi connectivity index (χ2v) is 8.45. The van der Waals surface area contributed by atoms with Crippen LogP contribution in [0.4, 0.5) is 10.3 Å². The number of aromatic nitrogens is 4. The van der Waals surface area contributed by atoms with Gasteiger partial charge in [0.25, 0.3) is 0 Å². The molecule has 25 heavy (non-hydrogen) atoms. The van der Waals surface area contributed by atoms with Crippen LogP contribution in [0.25, 0.3) is 16.6 Å². The van der Waals surface area contributed by atoms with Crippen molar-refractivity contribution in [3.05, 3.63) is 23.8 Å². The van der Waals surface area contributed by atoms with Crippen LogP contribution in [0.1, 0.15) is 18.7 Å². The highest BCUT2D eigenvalue weighted by molar-refractivity contribution is 7.92. The van der Waals surface area contributed by atoms with E-state index in [1.807, 2.05) is 0 Å². The molecule has 0 amide bonds. The minimum absolute atomic E-state index is 0.0164. The fourth-order valence-electron chi connectivity index (χ4n) is 2.80. The van der Waals surface area contributed by atoms with Gasteiger partial charge in [-0.1, -0.05) is 0 Å². The number of rotatable bonds is 5. The number of benzene rings is 1. The van der Waals surface area contributed by atoms with Crippen molar-refractivity contribution < 1.29 is 17.5 Å². The van der Waals surface area contributed by atoms with Crippen LogP contribution in [0.2, 0.25) is 0 Å². The molecule has 0 bridgehead atoms. The van der Waals surface area contributed by atoms with Gasteiger partial charge in [0, 0.05) is 12.5 Å². The van der Waals surface area contributed by atoms with Crippen LogP contribution in [0.5, 0.6) is 5.75 Å². The predicted octanol–water partition coefficient (Wildman–Crippen LogP) is 1.13. The largest absolute Gasteiger partial charge is 0.494 e. The quantitative estimate of drug-likeness (QED) is 0.721. The van der Waals surface area contributed by atoms with Gasteiger partial charge in [-0.25, -0.2) is 22.8 Å². The van der Waals surface area contributed by atoms with Crippen molar-refractivity contribution in [3.63, 3.8) is 0 Å². The van der Waals surface area contributed by atoms with E-state index >= 15 is 0 Å². The first kappa shape index (κ1) is 16.0. The lowest BCUT2D eigenvalue weighted by Crippen LogP contribution is -2.14. The van der Waals surface area contributed by atoms with Crippen LogP contribution in [-0.2, 0) is 16.3 Å². The molecule has 1 saturated carbocycles. The number of nitrogens with two attached hydrogens (primary N) is 1. The highest BCUT2D eigenvalue weighted by atomic mass is 32.2. The monoisotopic (exact) mass is 365 g/mol. The second-order valence-electron chi connectivity index (χ2n) is 6.05. The molecule has 1 aliphatic carbocycles. The Morgan fingerprint density at radius 3 is 2.80 bits per heavy atom. The van der Waals surface area contributed by atoms with Gasteiger partial charge in [0.15, 0.2) is 21.3 Å². The zero-order valence-corrected chi connectivity index (χ0v) is 14.3. The molecule has 0 aliphatic heterocycles. The third-order valence-electron chi connectivity index (χ3n) is 4.24. The van der Waals surface area contributed by atoms with Crippen molar-refractivity contribution in [1.29, 1.82) is 0 Å². The first-order valence-corrected chi connectivity index (χ1v) is 9.50. The Morgan fingerprint density at radius 1 is 1.36 bits per heavy atom. The molecule has 2 N–H and O–H groups in total. The van der Waals surface area contributed by atoms with Crippen molar-refractivity contribution in [1.82, 2.24) is 19.6 Å². The molecule has 132 valence electrons. The van der Waals surface area contributed by atoms with Gasteiger partial charge in [0.2, 0.25) is 5.95 Å². The van der Waals surface area contributed by atoms with Gasteiger partial charge in [-0.2, -0.15) is 4.52 Å². The Kier molecular flexibility index (Phi) is 3.53. The van der Waals surface area contributed by atoms with Crippen molar-refractivity contribution in [2.24, 2.45) is 0 Å². The Hall–Kier alpha value is -2.49. The Balaban J connectivity index is 1.80. The standard InChI is InChI=1S/C15H16FN5O3S/c1-24-11-7-8(16)6-10-13(11)19-15(17)21-14(10)18-12(20-21)4-5-25(22,23)9-2-3-9/h6-7,9H,2-5H2,1H3,(H2,17,19). The van der Waals surface area contributed by atoms with Crippen molar-refractivity contribution in [3.8, 4) is 5.75 Å². The first-order chi connectivity index (χ1) is 11.9. The van der Waals surface area contributed by atoms with E-state index in [1.54, 1.807) is 0 Å². The molecule has 1 aromatic carbocycles. The minimum atomic E-state index is -3.11. The van der Waals surface area contributed by atoms with Crippen molar-refractivity contribution >= 4 is 32.3 Å². The van der Waals surface area contributed by atoms with Crippen molar-refractivity contribution in [2.75, 3.05) is 18.6 Å². The number of nitrogen functional groups attached to an aromatic ring is 1. The number of methoxy groups -OCH3 is 1. The summed E-state index contributed by atoms with van der Waals surface area (Å²) in [6, 6.07) is 2.49. The van der Waals surface area contributed by atoms with Crippen LogP contribution in [-0.4, -0.2) is 46.1 Å². The molecule has 8 nitrogen and oxygen atoms in total. The molecule has 0 radical (unpaired) electrons. The molecular formula is C15H16FN5O3S. The normalized spacial score (nSPS) is 15.1. The molecule has 4 rings (SSSR count). The molecule has 2 heterocycles. The maximum Gasteiger partial charge on any atom is 0.223 e. The zero-order valence-electron chi connectivity index (χ0n) is 13.4. The lowest BCUT2D eigenvalue weighted by molar-refractivity contribution is 0.415. The Morgan fingerprint density at radius 2 is 2.12 bits per heavy atom. The van der Waals surface area contributed by atoms with Gasteiger partial charge < -0.3 is 10.5 Å². The lowest BCUT2D eigenvalue weighted by Gasteiger charge is -2.07. The molecule has 3 aromatic rings. The Labute approximate surface area is 142 Å². The molecule has 1 aliphatic rings. The third-order valence-corrected chi connectivity index (χ3v) is 6.50. The van der Waals surface area contributed by atoms with Crippen LogP contribution in [0.15, 0.2) is 12.1 Å². The summed E-state index contributed by atoms with van der Waals surface area (Å²) in [4.78, 5) is 8.55. The molecular weight excluding hydrogens is 349 g/mol. The van der Waals surface area contributed by atoms with Crippen LogP contribution >= 0.6 is 0 Å². The fourth-order valence-corrected chi connectivity index (χ4v) is 4.45. The molecule has 0 saturated heterocycles. The van der Waals surface area contributed by atoms with E-state index in [0.29, 0.717) is 22.4 Å². The number of ether oxygens (including phenoxy) is 1. The summed E-state index contributed by atoms with van der Waals surface area (Å²) in [5.74, 6) is 0.116. The van der Waals surface area contributed by atoms with E-state index in [9.17, 15) is 12.8 Å². The van der Waals surface area contributed by atoms with Gasteiger partial charge in [-0.3, -0.25) is 0 Å². The lowest BCUT2D eigenvalue weighted by atomic mass is 10.2. The number of nitrogens with zero attached hydrogens (tertiary/aromatic N) is 4. The minimum Gasteiger partial charge on any atom is -0.494 e. The smallest absolute Gasteiger partial charge is 0.223 e. The maximum absolute atomic E-state index is 13.8. The number of anilines is 1. The summed E-state index contributed by atoms with van der Waals surface area (Å²) in [7, 11) is -1.70. The van der Waals surface area contributed by atoms with E-state index in [4.69, 9.17) is 10.5 Å². The van der Waals surface area contributed by atoms with Gasteiger partial charge in [0.05, 0.1) is 23.5 Å². The average Bonchev–Trinajstić information content (AvgIpc) is 3.34. The van der Waals surface area contributed by atoms with E-state index < -0.39 is 15.7 Å². The number of sulfone groups is 1. The highest BCUT2D eigenvalue weighted by Crippen LogP contribution is 2.30. The summed E-state index contributed by atoms with van der Waals surface area (Å²) in [5, 5.41) is 4.39. The number of aryl methyl sites for hydroxylation is 1. The summed E-state index contributed by atoms with van der Waals surface area (Å²) >= 11 is 0. The molecule has 0 atom stereocenters. The second kappa shape index (κ2) is 5.51. The van der Waals surface area contributed by atoms with Crippen LogP contribution < -0.4 is 10.5 Å². The van der Waals surface area contributed by atoms with Gasteiger partial charge in [-0.15, -0.1) is 5.10 Å². The van der Waals surface area contributed by atoms with E-state index in [1.165, 1.54) is 23.8 Å². The predicted molar refractivity (Wildman–Crippen MR) is 89.7 cm³/mol. The first-order valence-electron chi connectivity index (χ1n) is 7.79. The van der Waals surface area contributed by atoms with Crippen LogP contribution in [0, 0.1) is 5.82 Å². The van der Waals surface area contributed by atoms with E-state index in [2.05, 4.69) is 15.1 Å². The number of hydrogen-bond acceptors (Lipinski definition) is 7. The van der Waals surface area contributed by atoms with Crippen LogP contribution in [0.3, 0.4) is 0 Å². The summed E-state index contributed by atoms with van der Waals surface area (Å²) in [5.41, 5.74) is 6.61. The maximum atomic E-state index is 13.8. The average molecular weight is 365 g/mol. The van der Waals surface area contributed by atoms with Gasteiger partial charge >= 0.3 is 0 Å². The topological polar surface area (TPSA) is 112 Å². The van der Waals surface area contributed by atoms with E-state index in [0.717, 1.165) is 12.8 Å². The third kappa shape index (κ3) is 2.76. The number of hydrogen-bond donors (Lipinski definition) is 1. The number of fused-ring (bicyclic) bond motifs is 3. The fraction of sp³-hybridized carbons (Fsp3) is 0.400. The molecule has 1 fully saturated rings. The molecule has 2 aromatic heterocycles. The Bertz CT molecular complexity index is 1090. The molecule has 0 unspecified atom stereocenters. The number of halogens is 1. The molecule has 10 heteroatoms. The van der Waals surface area contributed by atoms with Gasteiger partial charge in [0.1, 0.15) is 17.1 Å². The summed E-state index contributed by atoms with van der Waals surface area (Å²) in [6.45, 7) is 0.